The molecule has 1 radical (unpaired) electrons. The molecule has 2 N–H and O–H groups in total. The summed E-state index contributed by atoms with van der Waals surface area (Å²) in [5.74, 6) is 0.889. The van der Waals surface area contributed by atoms with E-state index in [1.165, 1.54) is 0 Å². The van der Waals surface area contributed by atoms with Crippen LogP contribution in [0.4, 0.5) is 4.79 Å². The van der Waals surface area contributed by atoms with Crippen LogP contribution in [0.15, 0.2) is 30.3 Å². The molecule has 6 heteroatoms. The van der Waals surface area contributed by atoms with E-state index in [-0.39, 0.29) is 30.2 Å². The summed E-state index contributed by atoms with van der Waals surface area (Å²) >= 11 is 0. The second kappa shape index (κ2) is 12.4. The van der Waals surface area contributed by atoms with Crippen LogP contribution in [-0.4, -0.2) is 63.0 Å². The van der Waals surface area contributed by atoms with Crippen LogP contribution in [0.1, 0.15) is 50.7 Å². The monoisotopic (exact) mass is 430 g/mol. The number of rotatable bonds is 9. The lowest BCUT2D eigenvalue weighted by Crippen LogP contribution is -2.52. The Morgan fingerprint density at radius 1 is 1.26 bits per heavy atom. The van der Waals surface area contributed by atoms with Gasteiger partial charge in [-0.25, -0.2) is 4.79 Å². The third-order valence-corrected chi connectivity index (χ3v) is 6.42. The maximum atomic E-state index is 13.2. The molecule has 2 saturated heterocycles. The first kappa shape index (κ1) is 24.0. The first-order valence-electron chi connectivity index (χ1n) is 11.9. The molecule has 173 valence electrons. The lowest BCUT2D eigenvalue weighted by Gasteiger charge is -2.38. The van der Waals surface area contributed by atoms with Gasteiger partial charge in [0.25, 0.3) is 0 Å². The number of likely N-dealkylation sites (N-methyl/N-ethyl adjacent to an activating group) is 1. The van der Waals surface area contributed by atoms with E-state index in [9.17, 15) is 4.79 Å². The molecule has 1 aromatic rings. The van der Waals surface area contributed by atoms with Crippen molar-refractivity contribution in [3.8, 4) is 0 Å². The first-order chi connectivity index (χ1) is 15.1. The van der Waals surface area contributed by atoms with E-state index < -0.39 is 0 Å². The van der Waals surface area contributed by atoms with Crippen molar-refractivity contribution in [1.82, 2.24) is 15.5 Å². The van der Waals surface area contributed by atoms with Gasteiger partial charge in [0.2, 0.25) is 0 Å². The average Bonchev–Trinajstić information content (AvgIpc) is 2.79. The normalized spacial score (nSPS) is 22.3. The molecule has 2 amide bonds. The summed E-state index contributed by atoms with van der Waals surface area (Å²) in [6.07, 6.45) is 5.07. The van der Waals surface area contributed by atoms with Gasteiger partial charge >= 0.3 is 6.03 Å². The number of benzene rings is 1. The molecule has 0 bridgehead atoms. The fraction of sp³-hybridized carbons (Fsp3) is 0.680. The van der Waals surface area contributed by atoms with E-state index >= 15 is 0 Å². The fourth-order valence-electron chi connectivity index (χ4n) is 4.89. The van der Waals surface area contributed by atoms with Gasteiger partial charge in [-0.3, -0.25) is 0 Å². The van der Waals surface area contributed by atoms with Gasteiger partial charge < -0.3 is 25.0 Å². The molecular formula is C25H40N3O3. The number of piperidine rings is 1. The summed E-state index contributed by atoms with van der Waals surface area (Å²) < 4.78 is 11.7. The summed E-state index contributed by atoms with van der Waals surface area (Å²) in [5, 5.41) is 6.55. The third kappa shape index (κ3) is 7.48. The molecule has 1 aromatic carbocycles. The van der Waals surface area contributed by atoms with Crippen LogP contribution in [0.25, 0.3) is 0 Å². The van der Waals surface area contributed by atoms with Crippen molar-refractivity contribution < 1.29 is 14.3 Å². The molecule has 2 aliphatic heterocycles. The fourth-order valence-corrected chi connectivity index (χ4v) is 4.89. The summed E-state index contributed by atoms with van der Waals surface area (Å²) in [5.41, 5.74) is 1.16. The Morgan fingerprint density at radius 3 is 2.68 bits per heavy atom. The maximum absolute atomic E-state index is 13.2. The number of carbonyl (C=O) groups excluding carboxylic acids is 1. The molecule has 0 aliphatic carbocycles. The number of likely N-dealkylation sites (tertiary alicyclic amines) is 1. The van der Waals surface area contributed by atoms with Gasteiger partial charge in [-0.05, 0) is 64.5 Å². The minimum Gasteiger partial charge on any atom is -0.381 e. The van der Waals surface area contributed by atoms with Crippen LogP contribution < -0.4 is 10.6 Å². The number of amides is 2. The molecule has 31 heavy (non-hydrogen) atoms. The van der Waals surface area contributed by atoms with Gasteiger partial charge in [0.1, 0.15) is 0 Å². The molecule has 0 saturated carbocycles. The minimum atomic E-state index is -0.103. The van der Waals surface area contributed by atoms with E-state index in [1.807, 2.05) is 37.1 Å². The van der Waals surface area contributed by atoms with Crippen molar-refractivity contribution in [3.05, 3.63) is 42.8 Å². The highest BCUT2D eigenvalue weighted by atomic mass is 16.5. The van der Waals surface area contributed by atoms with E-state index in [4.69, 9.17) is 9.47 Å². The summed E-state index contributed by atoms with van der Waals surface area (Å²) in [6, 6.07) is 10.5. The molecule has 3 rings (SSSR count). The van der Waals surface area contributed by atoms with E-state index in [0.717, 1.165) is 64.0 Å². The molecule has 2 fully saturated rings. The Bertz CT molecular complexity index is 649. The second-order valence-corrected chi connectivity index (χ2v) is 9.12. The standard InChI is InChI=1S/C25H40N3O3/c1-19(2)31-24(21-8-5-4-6-9-21)22-10-7-13-28(18-22)25(29)27-23(17-26-3)16-20-11-14-30-15-12-20/h4-6,8-9,19-20,22-24,26H,1,7,10-18H2,2-3H3,(H,27,29)/t19?,22-,23+,24?/m1/s1. The minimum absolute atomic E-state index is 0.0420. The third-order valence-electron chi connectivity index (χ3n) is 6.42. The van der Waals surface area contributed by atoms with Gasteiger partial charge in [0.05, 0.1) is 12.2 Å². The zero-order valence-electron chi connectivity index (χ0n) is 19.2. The molecule has 4 atom stereocenters. The van der Waals surface area contributed by atoms with Gasteiger partial charge in [-0.2, -0.15) is 0 Å². The number of carbonyl (C=O) groups is 1. The predicted octanol–water partition coefficient (Wildman–Crippen LogP) is 3.79. The van der Waals surface area contributed by atoms with E-state index in [2.05, 4.69) is 29.7 Å². The predicted molar refractivity (Wildman–Crippen MR) is 124 cm³/mol. The Balaban J connectivity index is 1.61. The number of nitrogens with one attached hydrogen (secondary N) is 2. The largest absolute Gasteiger partial charge is 0.381 e. The number of hydrogen-bond donors (Lipinski definition) is 2. The van der Waals surface area contributed by atoms with Crippen LogP contribution in [0, 0.1) is 18.8 Å². The zero-order chi connectivity index (χ0) is 22.1. The van der Waals surface area contributed by atoms with Gasteiger partial charge in [0.15, 0.2) is 0 Å². The lowest BCUT2D eigenvalue weighted by atomic mass is 9.88. The Kier molecular flexibility index (Phi) is 9.62. The van der Waals surface area contributed by atoms with Crippen LogP contribution in [0.2, 0.25) is 0 Å². The van der Waals surface area contributed by atoms with Crippen molar-refractivity contribution in [1.29, 1.82) is 0 Å². The number of urea groups is 1. The molecule has 0 spiro atoms. The highest BCUT2D eigenvalue weighted by Crippen LogP contribution is 2.34. The van der Waals surface area contributed by atoms with Crippen LogP contribution >= 0.6 is 0 Å². The van der Waals surface area contributed by atoms with E-state index in [1.54, 1.807) is 0 Å². The first-order valence-corrected chi connectivity index (χ1v) is 11.9. The van der Waals surface area contributed by atoms with Gasteiger partial charge in [-0.1, -0.05) is 30.3 Å². The second-order valence-electron chi connectivity index (χ2n) is 9.12. The highest BCUT2D eigenvalue weighted by molar-refractivity contribution is 5.74. The Morgan fingerprint density at radius 2 is 2.00 bits per heavy atom. The molecule has 6 nitrogen and oxygen atoms in total. The van der Waals surface area contributed by atoms with Crippen molar-refractivity contribution in [3.63, 3.8) is 0 Å². The zero-order valence-corrected chi connectivity index (χ0v) is 19.2. The van der Waals surface area contributed by atoms with E-state index in [0.29, 0.717) is 12.5 Å². The van der Waals surface area contributed by atoms with Crippen LogP contribution in [0.5, 0.6) is 0 Å². The summed E-state index contributed by atoms with van der Waals surface area (Å²) in [4.78, 5) is 15.1. The number of hydrogen-bond acceptors (Lipinski definition) is 4. The van der Waals surface area contributed by atoms with Gasteiger partial charge in [0, 0.05) is 44.8 Å². The smallest absolute Gasteiger partial charge is 0.317 e. The maximum Gasteiger partial charge on any atom is 0.317 e. The van der Waals surface area contributed by atoms with Crippen LogP contribution in [-0.2, 0) is 9.47 Å². The SMILES string of the molecule is [CH2]C(C)OC(c1ccccc1)[C@@H]1CCCN(C(=O)N[C@H](CNC)CC2CCOCC2)C1. The van der Waals surface area contributed by atoms with Crippen molar-refractivity contribution >= 4 is 6.03 Å². The Hall–Kier alpha value is -1.63. The average molecular weight is 431 g/mol. The number of nitrogens with zero attached hydrogens (tertiary/aromatic N) is 1. The van der Waals surface area contributed by atoms with Crippen molar-refractivity contribution in [2.75, 3.05) is 39.9 Å². The summed E-state index contributed by atoms with van der Waals surface area (Å²) in [7, 11) is 1.95. The van der Waals surface area contributed by atoms with Crippen molar-refractivity contribution in [2.24, 2.45) is 11.8 Å². The lowest BCUT2D eigenvalue weighted by molar-refractivity contribution is -0.0337. The number of ether oxygens (including phenoxy) is 2. The highest BCUT2D eigenvalue weighted by Gasteiger charge is 2.32. The molecule has 2 heterocycles. The molecule has 2 aliphatic rings. The molecule has 0 aromatic heterocycles. The summed E-state index contributed by atoms with van der Waals surface area (Å²) in [6.45, 7) is 9.98. The molecular weight excluding hydrogens is 390 g/mol. The van der Waals surface area contributed by atoms with Gasteiger partial charge in [-0.15, -0.1) is 0 Å². The van der Waals surface area contributed by atoms with Crippen LogP contribution in [0.3, 0.4) is 0 Å². The Labute approximate surface area is 188 Å². The van der Waals surface area contributed by atoms with Crippen molar-refractivity contribution in [2.45, 2.75) is 57.3 Å². The quantitative estimate of drug-likeness (QED) is 0.626. The molecule has 2 unspecified atom stereocenters. The topological polar surface area (TPSA) is 62.8 Å².